The number of nitrogens with one attached hydrogen (secondary N) is 2. The summed E-state index contributed by atoms with van der Waals surface area (Å²) in [4.78, 5) is 6.30. The monoisotopic (exact) mass is 296 g/mol. The van der Waals surface area contributed by atoms with Crippen molar-refractivity contribution in [3.8, 4) is 0 Å². The molecule has 2 rings (SSSR count). The molecule has 20 heavy (non-hydrogen) atoms. The molecule has 1 aliphatic heterocycles. The van der Waals surface area contributed by atoms with Crippen molar-refractivity contribution < 1.29 is 8.42 Å². The van der Waals surface area contributed by atoms with Gasteiger partial charge in [-0.2, -0.15) is 0 Å². The lowest BCUT2D eigenvalue weighted by Gasteiger charge is -2.27. The Kier molecular flexibility index (Phi) is 4.61. The van der Waals surface area contributed by atoms with Crippen molar-refractivity contribution >= 4 is 16.0 Å². The van der Waals surface area contributed by atoms with E-state index in [1.807, 2.05) is 18.2 Å². The van der Waals surface area contributed by atoms with Crippen LogP contribution < -0.4 is 10.0 Å². The minimum Gasteiger partial charge on any atom is -0.343 e. The van der Waals surface area contributed by atoms with Crippen molar-refractivity contribution in [3.63, 3.8) is 0 Å². The maximum absolute atomic E-state index is 11.7. The molecule has 7 heteroatoms. The van der Waals surface area contributed by atoms with Crippen molar-refractivity contribution in [3.05, 3.63) is 35.9 Å². The molecule has 1 aromatic carbocycles. The van der Waals surface area contributed by atoms with Crippen LogP contribution in [0.4, 0.5) is 0 Å². The van der Waals surface area contributed by atoms with Gasteiger partial charge in [0.25, 0.3) is 0 Å². The Balaban J connectivity index is 1.91. The minimum absolute atomic E-state index is 0.322. The zero-order valence-electron chi connectivity index (χ0n) is 11.7. The van der Waals surface area contributed by atoms with Gasteiger partial charge in [0.05, 0.1) is 18.6 Å². The van der Waals surface area contributed by atoms with Gasteiger partial charge in [0.2, 0.25) is 16.0 Å². The molecular weight excluding hydrogens is 276 g/mol. The summed E-state index contributed by atoms with van der Waals surface area (Å²) in [6.07, 6.45) is 0. The fraction of sp³-hybridized carbons (Fsp3) is 0.462. The Labute approximate surface area is 119 Å². The summed E-state index contributed by atoms with van der Waals surface area (Å²) < 4.78 is 25.9. The molecule has 0 radical (unpaired) electrons. The second kappa shape index (κ2) is 6.23. The van der Waals surface area contributed by atoms with Crippen LogP contribution in [0.2, 0.25) is 0 Å². The van der Waals surface area contributed by atoms with Crippen LogP contribution in [0.5, 0.6) is 0 Å². The van der Waals surface area contributed by atoms with Gasteiger partial charge in [0.15, 0.2) is 0 Å². The third kappa shape index (κ3) is 3.94. The fourth-order valence-electron chi connectivity index (χ4n) is 1.73. The van der Waals surface area contributed by atoms with Crippen LogP contribution in [0.3, 0.4) is 0 Å². The van der Waals surface area contributed by atoms with E-state index in [0.717, 1.165) is 6.54 Å². The second-order valence-electron chi connectivity index (χ2n) is 4.99. The first kappa shape index (κ1) is 14.8. The molecule has 0 spiro atoms. The van der Waals surface area contributed by atoms with E-state index in [9.17, 15) is 8.42 Å². The zero-order valence-corrected chi connectivity index (χ0v) is 12.5. The van der Waals surface area contributed by atoms with E-state index in [1.54, 1.807) is 13.8 Å². The van der Waals surface area contributed by atoms with E-state index in [1.165, 1.54) is 5.56 Å². The van der Waals surface area contributed by atoms with E-state index in [4.69, 9.17) is 0 Å². The molecule has 110 valence electrons. The van der Waals surface area contributed by atoms with Crippen molar-refractivity contribution in [1.82, 2.24) is 14.9 Å². The smallest absolute Gasteiger partial charge is 0.237 e. The normalized spacial score (nSPS) is 16.6. The molecular formula is C13H20N4O2S. The number of guanidine groups is 1. The number of rotatable bonds is 4. The SMILES string of the molecule is CC(C)S(=O)(=O)NC1=NCN(Cc2ccccc2)CN1. The average molecular weight is 296 g/mol. The standard InChI is InChI=1S/C13H20N4O2S/c1-11(2)20(18,19)16-13-14-9-17(10-15-13)8-12-6-4-3-5-7-12/h3-7,11H,8-10H2,1-2H3,(H2,14,15,16). The third-order valence-electron chi connectivity index (χ3n) is 3.01. The summed E-state index contributed by atoms with van der Waals surface area (Å²) in [5.74, 6) is 0.322. The van der Waals surface area contributed by atoms with Crippen molar-refractivity contribution in [2.75, 3.05) is 13.3 Å². The molecule has 0 atom stereocenters. The molecule has 0 aromatic heterocycles. The molecule has 1 heterocycles. The van der Waals surface area contributed by atoms with Gasteiger partial charge in [-0.25, -0.2) is 13.4 Å². The Morgan fingerprint density at radius 1 is 1.35 bits per heavy atom. The van der Waals surface area contributed by atoms with Crippen molar-refractivity contribution in [2.24, 2.45) is 4.99 Å². The summed E-state index contributed by atoms with van der Waals surface area (Å²) in [5.41, 5.74) is 1.20. The molecule has 0 saturated carbocycles. The van der Waals surface area contributed by atoms with Crippen LogP contribution in [0, 0.1) is 0 Å². The Morgan fingerprint density at radius 2 is 2.05 bits per heavy atom. The fourth-order valence-corrected chi connectivity index (χ4v) is 2.37. The average Bonchev–Trinajstić information content (AvgIpc) is 2.42. The first-order valence-electron chi connectivity index (χ1n) is 6.53. The lowest BCUT2D eigenvalue weighted by atomic mass is 10.2. The number of hydrogen-bond acceptors (Lipinski definition) is 5. The second-order valence-corrected chi connectivity index (χ2v) is 7.23. The highest BCUT2D eigenvalue weighted by atomic mass is 32.2. The van der Waals surface area contributed by atoms with E-state index in [0.29, 0.717) is 19.3 Å². The molecule has 0 fully saturated rings. The molecule has 0 saturated heterocycles. The Morgan fingerprint density at radius 3 is 2.60 bits per heavy atom. The van der Waals surface area contributed by atoms with Gasteiger partial charge >= 0.3 is 0 Å². The first-order chi connectivity index (χ1) is 9.47. The van der Waals surface area contributed by atoms with Crippen molar-refractivity contribution in [1.29, 1.82) is 0 Å². The highest BCUT2D eigenvalue weighted by Crippen LogP contribution is 2.05. The Bertz CT molecular complexity index is 569. The number of aliphatic imine (C=N–C) groups is 1. The van der Waals surface area contributed by atoms with Crippen LogP contribution >= 0.6 is 0 Å². The van der Waals surface area contributed by atoms with Gasteiger partial charge in [-0.05, 0) is 19.4 Å². The van der Waals surface area contributed by atoms with Crippen LogP contribution in [0.15, 0.2) is 35.3 Å². The van der Waals surface area contributed by atoms with Gasteiger partial charge < -0.3 is 5.32 Å². The quantitative estimate of drug-likeness (QED) is 0.857. The van der Waals surface area contributed by atoms with Crippen LogP contribution in [0.1, 0.15) is 19.4 Å². The van der Waals surface area contributed by atoms with Crippen LogP contribution in [-0.4, -0.2) is 37.9 Å². The summed E-state index contributed by atoms with van der Waals surface area (Å²) in [6.45, 7) is 5.08. The lowest BCUT2D eigenvalue weighted by molar-refractivity contribution is 0.255. The predicted octanol–water partition coefficient (Wildman–Crippen LogP) is 0.691. The highest BCUT2D eigenvalue weighted by molar-refractivity contribution is 7.90. The molecule has 0 amide bonds. The minimum atomic E-state index is -3.34. The molecule has 1 aromatic rings. The molecule has 6 nitrogen and oxygen atoms in total. The maximum atomic E-state index is 11.7. The number of hydrogen-bond donors (Lipinski definition) is 2. The van der Waals surface area contributed by atoms with Crippen molar-refractivity contribution in [2.45, 2.75) is 25.6 Å². The summed E-state index contributed by atoms with van der Waals surface area (Å²) in [5, 5.41) is 2.51. The molecule has 0 aliphatic carbocycles. The van der Waals surface area contributed by atoms with Gasteiger partial charge in [-0.3, -0.25) is 9.62 Å². The Hall–Kier alpha value is -1.60. The molecule has 0 bridgehead atoms. The van der Waals surface area contributed by atoms with Gasteiger partial charge in [0.1, 0.15) is 0 Å². The summed E-state index contributed by atoms with van der Waals surface area (Å²) in [6, 6.07) is 10.1. The zero-order chi connectivity index (χ0) is 14.6. The number of benzene rings is 1. The highest BCUT2D eigenvalue weighted by Gasteiger charge is 2.20. The molecule has 2 N–H and O–H groups in total. The van der Waals surface area contributed by atoms with E-state index in [2.05, 4.69) is 32.1 Å². The van der Waals surface area contributed by atoms with E-state index < -0.39 is 15.3 Å². The van der Waals surface area contributed by atoms with E-state index >= 15 is 0 Å². The number of nitrogens with zero attached hydrogens (tertiary/aromatic N) is 2. The maximum Gasteiger partial charge on any atom is 0.237 e. The topological polar surface area (TPSA) is 73.8 Å². The largest absolute Gasteiger partial charge is 0.343 e. The van der Waals surface area contributed by atoms with Crippen LogP contribution in [-0.2, 0) is 16.6 Å². The number of sulfonamides is 1. The van der Waals surface area contributed by atoms with Gasteiger partial charge in [0, 0.05) is 6.54 Å². The van der Waals surface area contributed by atoms with Gasteiger partial charge in [-0.1, -0.05) is 30.3 Å². The van der Waals surface area contributed by atoms with E-state index in [-0.39, 0.29) is 0 Å². The third-order valence-corrected chi connectivity index (χ3v) is 4.73. The molecule has 1 aliphatic rings. The molecule has 0 unspecified atom stereocenters. The van der Waals surface area contributed by atoms with Gasteiger partial charge in [-0.15, -0.1) is 0 Å². The lowest BCUT2D eigenvalue weighted by Crippen LogP contribution is -2.51. The predicted molar refractivity (Wildman–Crippen MR) is 79.5 cm³/mol. The first-order valence-corrected chi connectivity index (χ1v) is 8.08. The summed E-state index contributed by atoms with van der Waals surface area (Å²) in [7, 11) is -3.34. The van der Waals surface area contributed by atoms with Crippen LogP contribution in [0.25, 0.3) is 0 Å². The summed E-state index contributed by atoms with van der Waals surface area (Å²) >= 11 is 0.